The monoisotopic (exact) mass is 154 g/mol. The molecule has 1 rings (SSSR count). The smallest absolute Gasteiger partial charge is 0.0351 e. The second-order valence-corrected chi connectivity index (χ2v) is 2.74. The third-order valence-electron chi connectivity index (χ3n) is 1.44. The molecule has 0 spiro atoms. The maximum Gasteiger partial charge on any atom is 0.0351 e. The number of benzene rings is 1. The Balaban J connectivity index is 2.80. The number of hydrogen-bond donors (Lipinski definition) is 1. The van der Waals surface area contributed by atoms with Crippen LogP contribution in [-0.4, -0.2) is 4.55 Å². The highest BCUT2D eigenvalue weighted by atomic mass is 32.2. The lowest BCUT2D eigenvalue weighted by Crippen LogP contribution is -1.77. The SMILES string of the molecule is CCc1ccc(SO)cc1. The van der Waals surface area contributed by atoms with Crippen molar-refractivity contribution in [3.63, 3.8) is 0 Å². The third-order valence-corrected chi connectivity index (χ3v) is 1.92. The number of aryl methyl sites for hydroxylation is 1. The van der Waals surface area contributed by atoms with Gasteiger partial charge in [-0.25, -0.2) is 0 Å². The van der Waals surface area contributed by atoms with Gasteiger partial charge in [0.1, 0.15) is 0 Å². The molecule has 54 valence electrons. The molecule has 0 aromatic heterocycles. The minimum Gasteiger partial charge on any atom is -0.325 e. The first-order chi connectivity index (χ1) is 4.86. The fourth-order valence-electron chi connectivity index (χ4n) is 0.786. The van der Waals surface area contributed by atoms with Gasteiger partial charge < -0.3 is 4.55 Å². The lowest BCUT2D eigenvalue weighted by atomic mass is 10.2. The molecular weight excluding hydrogens is 144 g/mol. The van der Waals surface area contributed by atoms with Gasteiger partial charge in [-0.05, 0) is 24.1 Å². The van der Waals surface area contributed by atoms with Crippen molar-refractivity contribution >= 4 is 12.0 Å². The zero-order valence-electron chi connectivity index (χ0n) is 5.87. The molecule has 1 N–H and O–H groups in total. The molecular formula is C8H10OS. The van der Waals surface area contributed by atoms with Crippen molar-refractivity contribution in [3.05, 3.63) is 29.8 Å². The summed E-state index contributed by atoms with van der Waals surface area (Å²) < 4.78 is 8.62. The molecule has 0 radical (unpaired) electrons. The standard InChI is InChI=1S/C8H10OS/c1-2-7-3-5-8(10-9)6-4-7/h3-6,9H,2H2,1H3. The maximum atomic E-state index is 8.62. The number of hydrogen-bond acceptors (Lipinski definition) is 2. The van der Waals surface area contributed by atoms with Crippen molar-refractivity contribution < 1.29 is 4.55 Å². The largest absolute Gasteiger partial charge is 0.325 e. The summed E-state index contributed by atoms with van der Waals surface area (Å²) in [6.45, 7) is 2.11. The summed E-state index contributed by atoms with van der Waals surface area (Å²) in [4.78, 5) is 0.900. The van der Waals surface area contributed by atoms with Crippen LogP contribution in [0.5, 0.6) is 0 Å². The molecule has 0 heterocycles. The minimum atomic E-state index is 0.788. The highest BCUT2D eigenvalue weighted by Gasteiger charge is 1.90. The van der Waals surface area contributed by atoms with Gasteiger partial charge in [0.05, 0.1) is 0 Å². The fourth-order valence-corrected chi connectivity index (χ4v) is 1.04. The van der Waals surface area contributed by atoms with Gasteiger partial charge in [0.15, 0.2) is 0 Å². The molecule has 0 aliphatic rings. The van der Waals surface area contributed by atoms with Crippen LogP contribution < -0.4 is 0 Å². The molecule has 0 fully saturated rings. The lowest BCUT2D eigenvalue weighted by Gasteiger charge is -1.96. The molecule has 1 aromatic carbocycles. The van der Waals surface area contributed by atoms with Gasteiger partial charge >= 0.3 is 0 Å². The van der Waals surface area contributed by atoms with Gasteiger partial charge in [-0.15, -0.1) is 0 Å². The van der Waals surface area contributed by atoms with Gasteiger partial charge in [0.2, 0.25) is 0 Å². The molecule has 0 saturated heterocycles. The molecule has 0 saturated carbocycles. The van der Waals surface area contributed by atoms with Crippen molar-refractivity contribution in [2.24, 2.45) is 0 Å². The molecule has 0 bridgehead atoms. The van der Waals surface area contributed by atoms with Crippen molar-refractivity contribution in [3.8, 4) is 0 Å². The van der Waals surface area contributed by atoms with Gasteiger partial charge in [-0.1, -0.05) is 19.1 Å². The Labute approximate surface area is 65.3 Å². The highest BCUT2D eigenvalue weighted by Crippen LogP contribution is 2.14. The third kappa shape index (κ3) is 1.75. The van der Waals surface area contributed by atoms with E-state index in [0.717, 1.165) is 23.4 Å². The second-order valence-electron chi connectivity index (χ2n) is 2.09. The van der Waals surface area contributed by atoms with Crippen LogP contribution in [0.2, 0.25) is 0 Å². The van der Waals surface area contributed by atoms with Crippen LogP contribution in [-0.2, 0) is 6.42 Å². The van der Waals surface area contributed by atoms with Crippen LogP contribution in [0.3, 0.4) is 0 Å². The molecule has 0 aliphatic carbocycles. The average molecular weight is 154 g/mol. The summed E-state index contributed by atoms with van der Waals surface area (Å²) in [5.74, 6) is 0. The first kappa shape index (κ1) is 7.63. The van der Waals surface area contributed by atoms with Crippen molar-refractivity contribution in [1.29, 1.82) is 0 Å². The first-order valence-electron chi connectivity index (χ1n) is 3.27. The van der Waals surface area contributed by atoms with E-state index in [1.807, 2.05) is 24.3 Å². The van der Waals surface area contributed by atoms with Crippen LogP contribution in [0.25, 0.3) is 0 Å². The molecule has 10 heavy (non-hydrogen) atoms. The quantitative estimate of drug-likeness (QED) is 0.661. The highest BCUT2D eigenvalue weighted by molar-refractivity contribution is 7.93. The minimum absolute atomic E-state index is 0.788. The van der Waals surface area contributed by atoms with Gasteiger partial charge in [-0.3, -0.25) is 0 Å². The summed E-state index contributed by atoms with van der Waals surface area (Å²) in [7, 11) is 0. The Morgan fingerprint density at radius 1 is 1.30 bits per heavy atom. The number of rotatable bonds is 2. The topological polar surface area (TPSA) is 20.2 Å². The maximum absolute atomic E-state index is 8.62. The molecule has 0 aliphatic heterocycles. The Kier molecular flexibility index (Phi) is 2.78. The van der Waals surface area contributed by atoms with Crippen LogP contribution in [0, 0.1) is 0 Å². The van der Waals surface area contributed by atoms with E-state index in [2.05, 4.69) is 6.92 Å². The fraction of sp³-hybridized carbons (Fsp3) is 0.250. The first-order valence-corrected chi connectivity index (χ1v) is 4.04. The second kappa shape index (κ2) is 3.64. The zero-order valence-corrected chi connectivity index (χ0v) is 6.69. The predicted octanol–water partition coefficient (Wildman–Crippen LogP) is 2.81. The van der Waals surface area contributed by atoms with Gasteiger partial charge in [0, 0.05) is 16.9 Å². The van der Waals surface area contributed by atoms with E-state index in [4.69, 9.17) is 4.55 Å². The van der Waals surface area contributed by atoms with Crippen molar-refractivity contribution in [2.75, 3.05) is 0 Å². The summed E-state index contributed by atoms with van der Waals surface area (Å²) in [5, 5.41) is 0. The van der Waals surface area contributed by atoms with E-state index in [0.29, 0.717) is 0 Å². The molecule has 0 atom stereocenters. The summed E-state index contributed by atoms with van der Waals surface area (Å²) >= 11 is 0.788. The lowest BCUT2D eigenvalue weighted by molar-refractivity contribution is 0.664. The summed E-state index contributed by atoms with van der Waals surface area (Å²) in [5.41, 5.74) is 1.30. The normalized spacial score (nSPS) is 9.80. The molecule has 1 nitrogen and oxygen atoms in total. The zero-order chi connectivity index (χ0) is 7.40. The molecule has 0 amide bonds. The van der Waals surface area contributed by atoms with E-state index in [1.165, 1.54) is 5.56 Å². The van der Waals surface area contributed by atoms with E-state index in [9.17, 15) is 0 Å². The van der Waals surface area contributed by atoms with Gasteiger partial charge in [0.25, 0.3) is 0 Å². The van der Waals surface area contributed by atoms with Crippen molar-refractivity contribution in [1.82, 2.24) is 0 Å². The van der Waals surface area contributed by atoms with Crippen LogP contribution in [0.1, 0.15) is 12.5 Å². The average Bonchev–Trinajstić information content (AvgIpc) is 2.05. The Morgan fingerprint density at radius 3 is 2.30 bits per heavy atom. The Hall–Kier alpha value is -0.470. The Morgan fingerprint density at radius 2 is 1.90 bits per heavy atom. The van der Waals surface area contributed by atoms with Crippen LogP contribution >= 0.6 is 12.0 Å². The predicted molar refractivity (Wildman–Crippen MR) is 44.3 cm³/mol. The van der Waals surface area contributed by atoms with E-state index in [-0.39, 0.29) is 0 Å². The Bertz CT molecular complexity index is 170. The molecule has 2 heteroatoms. The van der Waals surface area contributed by atoms with E-state index in [1.54, 1.807) is 0 Å². The van der Waals surface area contributed by atoms with E-state index < -0.39 is 0 Å². The van der Waals surface area contributed by atoms with Crippen LogP contribution in [0.15, 0.2) is 29.2 Å². The molecule has 0 unspecified atom stereocenters. The van der Waals surface area contributed by atoms with Crippen LogP contribution in [0.4, 0.5) is 0 Å². The summed E-state index contributed by atoms with van der Waals surface area (Å²) in [6.07, 6.45) is 1.05. The summed E-state index contributed by atoms with van der Waals surface area (Å²) in [6, 6.07) is 7.89. The van der Waals surface area contributed by atoms with Crippen molar-refractivity contribution in [2.45, 2.75) is 18.2 Å². The van der Waals surface area contributed by atoms with Gasteiger partial charge in [-0.2, -0.15) is 0 Å². The molecule has 1 aromatic rings. The van der Waals surface area contributed by atoms with E-state index >= 15 is 0 Å².